The van der Waals surface area contributed by atoms with Crippen molar-refractivity contribution in [1.82, 2.24) is 4.90 Å². The van der Waals surface area contributed by atoms with Crippen LogP contribution in [-0.4, -0.2) is 10.9 Å². The molecule has 2 N–H and O–H groups in total. The number of nitrogens with zero attached hydrogens (tertiary/aromatic N) is 1. The van der Waals surface area contributed by atoms with Gasteiger partial charge in [-0.1, -0.05) is 25.5 Å². The highest BCUT2D eigenvalue weighted by Crippen LogP contribution is 2.29. The van der Waals surface area contributed by atoms with Crippen LogP contribution in [0.3, 0.4) is 0 Å². The number of anilines is 1. The van der Waals surface area contributed by atoms with E-state index in [1.165, 1.54) is 24.0 Å². The van der Waals surface area contributed by atoms with Crippen molar-refractivity contribution in [2.75, 3.05) is 5.73 Å². The Labute approximate surface area is 92.1 Å². The van der Waals surface area contributed by atoms with E-state index in [0.717, 1.165) is 18.8 Å². The molecule has 1 aromatic rings. The van der Waals surface area contributed by atoms with Crippen LogP contribution in [0.4, 0.5) is 5.69 Å². The lowest BCUT2D eigenvalue weighted by atomic mass is 10.1. The minimum atomic E-state index is 0.668. The predicted molar refractivity (Wildman–Crippen MR) is 64.5 cm³/mol. The lowest BCUT2D eigenvalue weighted by molar-refractivity contribution is 0.202. The van der Waals surface area contributed by atoms with E-state index in [0.29, 0.717) is 6.04 Å². The molecule has 1 aromatic carbocycles. The van der Waals surface area contributed by atoms with Crippen LogP contribution in [0.25, 0.3) is 0 Å². The van der Waals surface area contributed by atoms with E-state index >= 15 is 0 Å². The third kappa shape index (κ3) is 2.00. The van der Waals surface area contributed by atoms with Crippen molar-refractivity contribution in [2.45, 2.75) is 45.8 Å². The highest BCUT2D eigenvalue weighted by Gasteiger charge is 2.23. The van der Waals surface area contributed by atoms with Crippen molar-refractivity contribution in [3.63, 3.8) is 0 Å². The van der Waals surface area contributed by atoms with Gasteiger partial charge in [0.2, 0.25) is 0 Å². The lowest BCUT2D eigenvalue weighted by Crippen LogP contribution is -2.27. The topological polar surface area (TPSA) is 29.3 Å². The van der Waals surface area contributed by atoms with Gasteiger partial charge < -0.3 is 5.73 Å². The molecule has 0 aliphatic carbocycles. The average molecular weight is 204 g/mol. The van der Waals surface area contributed by atoms with Gasteiger partial charge in [-0.25, -0.2) is 0 Å². The first-order valence-electron chi connectivity index (χ1n) is 5.82. The maximum Gasteiger partial charge on any atom is 0.0363 e. The highest BCUT2D eigenvalue weighted by molar-refractivity contribution is 5.52. The Morgan fingerprint density at radius 1 is 1.40 bits per heavy atom. The molecule has 2 rings (SSSR count). The van der Waals surface area contributed by atoms with Gasteiger partial charge in [0.1, 0.15) is 0 Å². The molecule has 0 aromatic heterocycles. The molecule has 0 saturated carbocycles. The van der Waals surface area contributed by atoms with E-state index in [1.807, 2.05) is 6.07 Å². The Kier molecular flexibility index (Phi) is 2.96. The number of fused-ring (bicyclic) bond motifs is 1. The van der Waals surface area contributed by atoms with E-state index in [4.69, 9.17) is 5.73 Å². The molecule has 0 unspecified atom stereocenters. The summed E-state index contributed by atoms with van der Waals surface area (Å²) < 4.78 is 0. The summed E-state index contributed by atoms with van der Waals surface area (Å²) in [5.74, 6) is 0. The average Bonchev–Trinajstić information content (AvgIpc) is 2.63. The summed E-state index contributed by atoms with van der Waals surface area (Å²) >= 11 is 0. The standard InChI is InChI=1S/C13H20N2/c1-3-5-10(2)15-8-11-6-4-7-13(14)12(11)9-15/h4,6-7,10H,3,5,8-9,14H2,1-2H3/t10-/m1/s1. The van der Waals surface area contributed by atoms with Gasteiger partial charge in [0.05, 0.1) is 0 Å². The highest BCUT2D eigenvalue weighted by atomic mass is 15.2. The second kappa shape index (κ2) is 4.23. The first kappa shape index (κ1) is 10.5. The first-order chi connectivity index (χ1) is 7.22. The third-order valence-electron chi connectivity index (χ3n) is 3.37. The van der Waals surface area contributed by atoms with Crippen molar-refractivity contribution < 1.29 is 0 Å². The molecule has 0 saturated heterocycles. The second-order valence-electron chi connectivity index (χ2n) is 4.53. The van der Waals surface area contributed by atoms with E-state index in [2.05, 4.69) is 30.9 Å². The van der Waals surface area contributed by atoms with Crippen LogP contribution in [0.5, 0.6) is 0 Å². The van der Waals surface area contributed by atoms with Crippen LogP contribution in [-0.2, 0) is 13.1 Å². The van der Waals surface area contributed by atoms with Gasteiger partial charge in [-0.15, -0.1) is 0 Å². The van der Waals surface area contributed by atoms with Crippen LogP contribution >= 0.6 is 0 Å². The lowest BCUT2D eigenvalue weighted by Gasteiger charge is -2.23. The van der Waals surface area contributed by atoms with Crippen molar-refractivity contribution in [3.8, 4) is 0 Å². The van der Waals surface area contributed by atoms with Crippen molar-refractivity contribution >= 4 is 5.69 Å². The van der Waals surface area contributed by atoms with Crippen LogP contribution in [0.15, 0.2) is 18.2 Å². The number of nitrogen functional groups attached to an aromatic ring is 1. The Bertz CT molecular complexity index is 346. The van der Waals surface area contributed by atoms with E-state index in [9.17, 15) is 0 Å². The summed E-state index contributed by atoms with van der Waals surface area (Å²) in [6.45, 7) is 6.66. The summed E-state index contributed by atoms with van der Waals surface area (Å²) in [6.07, 6.45) is 2.53. The van der Waals surface area contributed by atoms with Gasteiger partial charge >= 0.3 is 0 Å². The number of benzene rings is 1. The van der Waals surface area contributed by atoms with Gasteiger partial charge in [-0.3, -0.25) is 4.90 Å². The molecule has 1 aliphatic rings. The van der Waals surface area contributed by atoms with Crippen molar-refractivity contribution in [1.29, 1.82) is 0 Å². The van der Waals surface area contributed by atoms with Crippen LogP contribution in [0.1, 0.15) is 37.8 Å². The number of nitrogens with two attached hydrogens (primary N) is 1. The Morgan fingerprint density at radius 3 is 2.87 bits per heavy atom. The van der Waals surface area contributed by atoms with Crippen molar-refractivity contribution in [2.24, 2.45) is 0 Å². The molecule has 0 bridgehead atoms. The molecule has 2 nitrogen and oxygen atoms in total. The van der Waals surface area contributed by atoms with Gasteiger partial charge in [0.25, 0.3) is 0 Å². The molecule has 15 heavy (non-hydrogen) atoms. The Balaban J connectivity index is 2.12. The zero-order valence-electron chi connectivity index (χ0n) is 9.66. The van der Waals surface area contributed by atoms with E-state index in [-0.39, 0.29) is 0 Å². The fourth-order valence-corrected chi connectivity index (χ4v) is 2.39. The SMILES string of the molecule is CCC[C@@H](C)N1Cc2cccc(N)c2C1. The fraction of sp³-hybridized carbons (Fsp3) is 0.538. The van der Waals surface area contributed by atoms with Crippen LogP contribution in [0, 0.1) is 0 Å². The molecule has 0 spiro atoms. The maximum atomic E-state index is 5.98. The first-order valence-corrected chi connectivity index (χ1v) is 5.82. The summed E-state index contributed by atoms with van der Waals surface area (Å²) in [7, 11) is 0. The Hall–Kier alpha value is -1.02. The van der Waals surface area contributed by atoms with Gasteiger partial charge in [-0.2, -0.15) is 0 Å². The molecule has 2 heteroatoms. The zero-order chi connectivity index (χ0) is 10.8. The monoisotopic (exact) mass is 204 g/mol. The minimum Gasteiger partial charge on any atom is -0.398 e. The molecule has 1 atom stereocenters. The van der Waals surface area contributed by atoms with E-state index < -0.39 is 0 Å². The fourth-order valence-electron chi connectivity index (χ4n) is 2.39. The van der Waals surface area contributed by atoms with E-state index in [1.54, 1.807) is 0 Å². The molecular formula is C13H20N2. The summed E-state index contributed by atoms with van der Waals surface area (Å²) in [4.78, 5) is 2.52. The summed E-state index contributed by atoms with van der Waals surface area (Å²) in [5.41, 5.74) is 9.70. The Morgan fingerprint density at radius 2 is 2.20 bits per heavy atom. The largest absolute Gasteiger partial charge is 0.398 e. The quantitative estimate of drug-likeness (QED) is 0.767. The zero-order valence-corrected chi connectivity index (χ0v) is 9.66. The number of rotatable bonds is 3. The summed E-state index contributed by atoms with van der Waals surface area (Å²) in [6, 6.07) is 6.93. The van der Waals surface area contributed by atoms with Gasteiger partial charge in [-0.05, 0) is 30.5 Å². The smallest absolute Gasteiger partial charge is 0.0363 e. The predicted octanol–water partition coefficient (Wildman–Crippen LogP) is 2.77. The maximum absolute atomic E-state index is 5.98. The van der Waals surface area contributed by atoms with Gasteiger partial charge in [0.15, 0.2) is 0 Å². The number of hydrogen-bond donors (Lipinski definition) is 1. The molecular weight excluding hydrogens is 184 g/mol. The van der Waals surface area contributed by atoms with Crippen molar-refractivity contribution in [3.05, 3.63) is 29.3 Å². The molecule has 1 aliphatic heterocycles. The molecule has 0 fully saturated rings. The molecule has 82 valence electrons. The van der Waals surface area contributed by atoms with Gasteiger partial charge in [0, 0.05) is 24.8 Å². The normalized spacial score (nSPS) is 17.7. The second-order valence-corrected chi connectivity index (χ2v) is 4.53. The molecule has 1 heterocycles. The minimum absolute atomic E-state index is 0.668. The summed E-state index contributed by atoms with van der Waals surface area (Å²) in [5, 5.41) is 0. The molecule has 0 amide bonds. The van der Waals surface area contributed by atoms with Crippen LogP contribution < -0.4 is 5.73 Å². The van der Waals surface area contributed by atoms with Crippen LogP contribution in [0.2, 0.25) is 0 Å². The third-order valence-corrected chi connectivity index (χ3v) is 3.37. The number of hydrogen-bond acceptors (Lipinski definition) is 2. The molecule has 0 radical (unpaired) electrons.